The van der Waals surface area contributed by atoms with Gasteiger partial charge in [-0.3, -0.25) is 0 Å². The number of benzene rings is 1. The Morgan fingerprint density at radius 2 is 2.06 bits per heavy atom. The summed E-state index contributed by atoms with van der Waals surface area (Å²) in [4.78, 5) is 0. The number of rotatable bonds is 7. The van der Waals surface area contributed by atoms with Crippen LogP contribution in [0.1, 0.15) is 18.1 Å². The maximum absolute atomic E-state index is 9.87. The van der Waals surface area contributed by atoms with E-state index in [1.165, 1.54) is 0 Å². The molecule has 0 saturated carbocycles. The van der Waals surface area contributed by atoms with E-state index in [1.807, 2.05) is 24.3 Å². The Hall–Kier alpha value is -1.10. The molecular formula is C12H19NO3. The van der Waals surface area contributed by atoms with Crippen molar-refractivity contribution in [2.75, 3.05) is 26.9 Å². The number of hydrogen-bond donors (Lipinski definition) is 2. The van der Waals surface area contributed by atoms with Crippen molar-refractivity contribution in [3.63, 3.8) is 0 Å². The predicted molar refractivity (Wildman–Crippen MR) is 62.4 cm³/mol. The van der Waals surface area contributed by atoms with Gasteiger partial charge in [-0.1, -0.05) is 18.2 Å². The van der Waals surface area contributed by atoms with Crippen molar-refractivity contribution in [2.24, 2.45) is 5.73 Å². The third-order valence-electron chi connectivity index (χ3n) is 2.26. The van der Waals surface area contributed by atoms with Gasteiger partial charge in [0.2, 0.25) is 0 Å². The molecule has 16 heavy (non-hydrogen) atoms. The number of ether oxygens (including phenoxy) is 2. The second-order valence-corrected chi connectivity index (χ2v) is 3.47. The minimum atomic E-state index is -0.566. The first-order chi connectivity index (χ1) is 7.79. The van der Waals surface area contributed by atoms with Crippen molar-refractivity contribution in [1.82, 2.24) is 0 Å². The zero-order valence-corrected chi connectivity index (χ0v) is 9.56. The van der Waals surface area contributed by atoms with Gasteiger partial charge in [-0.05, 0) is 19.0 Å². The van der Waals surface area contributed by atoms with E-state index >= 15 is 0 Å². The lowest BCUT2D eigenvalue weighted by Gasteiger charge is -2.15. The highest BCUT2D eigenvalue weighted by molar-refractivity contribution is 5.35. The van der Waals surface area contributed by atoms with Gasteiger partial charge in [0.05, 0.1) is 12.7 Å². The van der Waals surface area contributed by atoms with E-state index in [0.717, 1.165) is 5.56 Å². The summed E-state index contributed by atoms with van der Waals surface area (Å²) in [7, 11) is 1.62. The van der Waals surface area contributed by atoms with Crippen LogP contribution in [0.25, 0.3) is 0 Å². The molecule has 0 fully saturated rings. The van der Waals surface area contributed by atoms with Crippen LogP contribution < -0.4 is 10.5 Å². The lowest BCUT2D eigenvalue weighted by Crippen LogP contribution is -2.10. The molecule has 90 valence electrons. The summed E-state index contributed by atoms with van der Waals surface area (Å²) in [6.45, 7) is 1.46. The van der Waals surface area contributed by atoms with Gasteiger partial charge in [-0.15, -0.1) is 0 Å². The van der Waals surface area contributed by atoms with Crippen molar-refractivity contribution in [2.45, 2.75) is 12.5 Å². The van der Waals surface area contributed by atoms with Crippen LogP contribution in [0.15, 0.2) is 24.3 Å². The van der Waals surface area contributed by atoms with Crippen LogP contribution in [0.5, 0.6) is 5.75 Å². The normalized spacial score (nSPS) is 12.4. The molecule has 0 aliphatic heterocycles. The fourth-order valence-corrected chi connectivity index (χ4v) is 1.44. The quantitative estimate of drug-likeness (QED) is 0.682. The van der Waals surface area contributed by atoms with E-state index in [4.69, 9.17) is 15.2 Å². The molecule has 0 radical (unpaired) electrons. The van der Waals surface area contributed by atoms with E-state index in [1.54, 1.807) is 7.11 Å². The lowest BCUT2D eigenvalue weighted by molar-refractivity contribution is 0.137. The molecule has 1 atom stereocenters. The molecular weight excluding hydrogens is 206 g/mol. The summed E-state index contributed by atoms with van der Waals surface area (Å²) in [6.07, 6.45) is -0.0336. The van der Waals surface area contributed by atoms with Crippen molar-refractivity contribution >= 4 is 0 Å². The van der Waals surface area contributed by atoms with Gasteiger partial charge < -0.3 is 20.3 Å². The second kappa shape index (κ2) is 7.22. The third kappa shape index (κ3) is 3.81. The summed E-state index contributed by atoms with van der Waals surface area (Å²) in [5.41, 5.74) is 6.20. The van der Waals surface area contributed by atoms with Crippen LogP contribution in [0.3, 0.4) is 0 Å². The largest absolute Gasteiger partial charge is 0.491 e. The topological polar surface area (TPSA) is 64.7 Å². The summed E-state index contributed by atoms with van der Waals surface area (Å²) < 4.78 is 10.4. The highest BCUT2D eigenvalue weighted by atomic mass is 16.5. The number of para-hydroxylation sites is 1. The monoisotopic (exact) mass is 225 g/mol. The maximum atomic E-state index is 9.87. The van der Waals surface area contributed by atoms with Gasteiger partial charge in [0.25, 0.3) is 0 Å². The Kier molecular flexibility index (Phi) is 5.85. The molecule has 1 aromatic carbocycles. The number of methoxy groups -OCH3 is 1. The van der Waals surface area contributed by atoms with E-state index in [0.29, 0.717) is 31.9 Å². The average Bonchev–Trinajstić information content (AvgIpc) is 2.30. The first kappa shape index (κ1) is 13.0. The van der Waals surface area contributed by atoms with Crippen LogP contribution in [0, 0.1) is 0 Å². The molecule has 1 rings (SSSR count). The SMILES string of the molecule is COCCOc1ccccc1C(O)CCN. The second-order valence-electron chi connectivity index (χ2n) is 3.47. The van der Waals surface area contributed by atoms with Crippen LogP contribution in [0.4, 0.5) is 0 Å². The molecule has 3 N–H and O–H groups in total. The summed E-state index contributed by atoms with van der Waals surface area (Å²) in [5.74, 6) is 0.695. The molecule has 0 spiro atoms. The predicted octanol–water partition coefficient (Wildman–Crippen LogP) is 1.09. The standard InChI is InChI=1S/C12H19NO3/c1-15-8-9-16-12-5-3-2-4-10(12)11(14)6-7-13/h2-5,11,14H,6-9,13H2,1H3. The molecule has 0 amide bonds. The fraction of sp³-hybridized carbons (Fsp3) is 0.500. The zero-order valence-electron chi connectivity index (χ0n) is 9.56. The van der Waals surface area contributed by atoms with Crippen molar-refractivity contribution < 1.29 is 14.6 Å². The van der Waals surface area contributed by atoms with Gasteiger partial charge in [0.15, 0.2) is 0 Å². The van der Waals surface area contributed by atoms with Gasteiger partial charge >= 0.3 is 0 Å². The van der Waals surface area contributed by atoms with Gasteiger partial charge in [-0.2, -0.15) is 0 Å². The van der Waals surface area contributed by atoms with Gasteiger partial charge in [0.1, 0.15) is 12.4 Å². The zero-order chi connectivity index (χ0) is 11.8. The average molecular weight is 225 g/mol. The molecule has 4 nitrogen and oxygen atoms in total. The molecule has 0 saturated heterocycles. The first-order valence-electron chi connectivity index (χ1n) is 5.38. The molecule has 0 heterocycles. The van der Waals surface area contributed by atoms with E-state index in [2.05, 4.69) is 0 Å². The summed E-state index contributed by atoms with van der Waals surface area (Å²) in [6, 6.07) is 7.44. The minimum Gasteiger partial charge on any atom is -0.491 e. The number of aliphatic hydroxyl groups excluding tert-OH is 1. The maximum Gasteiger partial charge on any atom is 0.125 e. The van der Waals surface area contributed by atoms with E-state index in [-0.39, 0.29) is 0 Å². The third-order valence-corrected chi connectivity index (χ3v) is 2.26. The molecule has 0 aliphatic carbocycles. The van der Waals surface area contributed by atoms with Gasteiger partial charge in [-0.25, -0.2) is 0 Å². The van der Waals surface area contributed by atoms with Crippen LogP contribution in [-0.2, 0) is 4.74 Å². The molecule has 4 heteroatoms. The molecule has 0 bridgehead atoms. The molecule has 0 aliphatic rings. The van der Waals surface area contributed by atoms with Crippen molar-refractivity contribution in [3.8, 4) is 5.75 Å². The Balaban J connectivity index is 2.67. The first-order valence-corrected chi connectivity index (χ1v) is 5.38. The molecule has 0 aromatic heterocycles. The van der Waals surface area contributed by atoms with E-state index in [9.17, 15) is 5.11 Å². The number of nitrogens with two attached hydrogens (primary N) is 1. The molecule has 1 unspecified atom stereocenters. The lowest BCUT2D eigenvalue weighted by atomic mass is 10.1. The van der Waals surface area contributed by atoms with Crippen LogP contribution >= 0.6 is 0 Å². The van der Waals surface area contributed by atoms with Crippen molar-refractivity contribution in [3.05, 3.63) is 29.8 Å². The van der Waals surface area contributed by atoms with E-state index < -0.39 is 6.10 Å². The summed E-state index contributed by atoms with van der Waals surface area (Å²) in [5, 5.41) is 9.87. The smallest absolute Gasteiger partial charge is 0.125 e. The number of hydrogen-bond acceptors (Lipinski definition) is 4. The Morgan fingerprint density at radius 3 is 2.75 bits per heavy atom. The van der Waals surface area contributed by atoms with Crippen molar-refractivity contribution in [1.29, 1.82) is 0 Å². The highest BCUT2D eigenvalue weighted by Crippen LogP contribution is 2.26. The van der Waals surface area contributed by atoms with Gasteiger partial charge in [0, 0.05) is 12.7 Å². The Bertz CT molecular complexity index is 304. The molecule has 1 aromatic rings. The summed E-state index contributed by atoms with van der Waals surface area (Å²) >= 11 is 0. The van der Waals surface area contributed by atoms with Crippen LogP contribution in [0.2, 0.25) is 0 Å². The fourth-order valence-electron chi connectivity index (χ4n) is 1.44. The Morgan fingerprint density at radius 1 is 1.31 bits per heavy atom. The highest BCUT2D eigenvalue weighted by Gasteiger charge is 2.11. The minimum absolute atomic E-state index is 0.452. The number of aliphatic hydroxyl groups is 1. The van der Waals surface area contributed by atoms with Crippen LogP contribution in [-0.4, -0.2) is 32.0 Å². The Labute approximate surface area is 96.0 Å².